The maximum Gasteiger partial charge on any atom is 0.250 e. The molecule has 2 aromatic rings. The minimum atomic E-state index is -0.900. The lowest BCUT2D eigenvalue weighted by Gasteiger charge is -2.40. The summed E-state index contributed by atoms with van der Waals surface area (Å²) in [5.74, 6) is -0.934. The van der Waals surface area contributed by atoms with Gasteiger partial charge in [0.05, 0.1) is 0 Å². The van der Waals surface area contributed by atoms with Crippen LogP contribution in [0.4, 0.5) is 11.4 Å². The van der Waals surface area contributed by atoms with Gasteiger partial charge in [-0.3, -0.25) is 14.4 Å². The quantitative estimate of drug-likeness (QED) is 0.763. The molecule has 2 aliphatic heterocycles. The lowest BCUT2D eigenvalue weighted by Crippen LogP contribution is -2.58. The van der Waals surface area contributed by atoms with Gasteiger partial charge >= 0.3 is 0 Å². The first kappa shape index (κ1) is 19.2. The Hall–Kier alpha value is -3.12. The highest BCUT2D eigenvalue weighted by Crippen LogP contribution is 2.39. The van der Waals surface area contributed by atoms with E-state index in [9.17, 15) is 14.4 Å². The number of fused-ring (bicyclic) bond motifs is 1. The smallest absolute Gasteiger partial charge is 0.250 e. The van der Waals surface area contributed by atoms with Crippen LogP contribution in [0.25, 0.3) is 0 Å². The summed E-state index contributed by atoms with van der Waals surface area (Å²) in [7, 11) is 0. The van der Waals surface area contributed by atoms with Crippen LogP contribution >= 0.6 is 11.6 Å². The van der Waals surface area contributed by atoms with Crippen LogP contribution in [-0.4, -0.2) is 34.7 Å². The second kappa shape index (κ2) is 7.72. The largest absolute Gasteiger partial charge is 0.324 e. The first-order valence-corrected chi connectivity index (χ1v) is 9.81. The van der Waals surface area contributed by atoms with Crippen molar-refractivity contribution in [3.63, 3.8) is 0 Å². The summed E-state index contributed by atoms with van der Waals surface area (Å²) in [5, 5.41) is 6.18. The van der Waals surface area contributed by atoms with Crippen molar-refractivity contribution < 1.29 is 14.4 Å². The average Bonchev–Trinajstić information content (AvgIpc) is 3.13. The Bertz CT molecular complexity index is 1000. The molecule has 1 unspecified atom stereocenters. The molecule has 2 heterocycles. The lowest BCUT2D eigenvalue weighted by molar-refractivity contribution is -0.139. The van der Waals surface area contributed by atoms with Gasteiger partial charge in [-0.05, 0) is 48.7 Å². The monoisotopic (exact) mass is 409 g/mol. The molecular formula is C22H20ClN3O3. The molecule has 0 radical (unpaired) electrons. The predicted octanol–water partition coefficient (Wildman–Crippen LogP) is 3.39. The molecule has 1 atom stereocenters. The van der Waals surface area contributed by atoms with Gasteiger partial charge in [0.25, 0.3) is 5.91 Å². The second-order valence-electron chi connectivity index (χ2n) is 7.24. The number of halogens is 1. The normalized spacial score (nSPS) is 20.6. The Morgan fingerprint density at radius 3 is 2.66 bits per heavy atom. The molecule has 0 saturated carbocycles. The lowest BCUT2D eigenvalue weighted by atomic mass is 9.83. The minimum Gasteiger partial charge on any atom is -0.324 e. The molecule has 1 fully saturated rings. The van der Waals surface area contributed by atoms with Gasteiger partial charge in [-0.2, -0.15) is 0 Å². The molecule has 29 heavy (non-hydrogen) atoms. The SMILES string of the molecule is O=C(/C=C/C(=O)N1CCCC12Cc1ccccc1NC2=O)Nc1ccc(Cl)cc1. The van der Waals surface area contributed by atoms with Crippen LogP contribution in [0.1, 0.15) is 18.4 Å². The van der Waals surface area contributed by atoms with Gasteiger partial charge in [0.2, 0.25) is 11.8 Å². The maximum atomic E-state index is 12.9. The summed E-state index contributed by atoms with van der Waals surface area (Å²) >= 11 is 5.83. The van der Waals surface area contributed by atoms with E-state index in [1.165, 1.54) is 12.2 Å². The van der Waals surface area contributed by atoms with Crippen molar-refractivity contribution in [3.05, 3.63) is 71.3 Å². The Morgan fingerprint density at radius 2 is 1.86 bits per heavy atom. The standard InChI is InChI=1S/C22H20ClN3O3/c23-16-6-8-17(9-7-16)24-19(27)10-11-20(28)26-13-3-12-22(26)14-15-4-1-2-5-18(15)25-21(22)29/h1-2,4-11H,3,12-14H2,(H,24,27)(H,25,29)/b11-10+. The van der Waals surface area contributed by atoms with Gasteiger partial charge < -0.3 is 15.5 Å². The van der Waals surface area contributed by atoms with Gasteiger partial charge in [-0.1, -0.05) is 29.8 Å². The molecular weight excluding hydrogens is 390 g/mol. The zero-order valence-electron chi connectivity index (χ0n) is 15.7. The highest BCUT2D eigenvalue weighted by Gasteiger charge is 2.51. The van der Waals surface area contributed by atoms with Gasteiger partial charge in [0.1, 0.15) is 5.54 Å². The summed E-state index contributed by atoms with van der Waals surface area (Å²) in [6.07, 6.45) is 4.24. The van der Waals surface area contributed by atoms with E-state index >= 15 is 0 Å². The Kier molecular flexibility index (Phi) is 5.11. The highest BCUT2D eigenvalue weighted by molar-refractivity contribution is 6.30. The molecule has 1 saturated heterocycles. The minimum absolute atomic E-state index is 0.166. The average molecular weight is 410 g/mol. The fourth-order valence-electron chi connectivity index (χ4n) is 4.00. The van der Waals surface area contributed by atoms with Crippen LogP contribution in [0.5, 0.6) is 0 Å². The van der Waals surface area contributed by atoms with Gasteiger partial charge in [-0.15, -0.1) is 0 Å². The van der Waals surface area contributed by atoms with Crippen LogP contribution in [0.3, 0.4) is 0 Å². The van der Waals surface area contributed by atoms with E-state index in [-0.39, 0.29) is 11.8 Å². The molecule has 2 aliphatic rings. The predicted molar refractivity (Wildman–Crippen MR) is 112 cm³/mol. The number of nitrogens with zero attached hydrogens (tertiary/aromatic N) is 1. The van der Waals surface area contributed by atoms with E-state index < -0.39 is 11.4 Å². The molecule has 0 aromatic heterocycles. The van der Waals surface area contributed by atoms with Crippen LogP contribution in [0.15, 0.2) is 60.7 Å². The van der Waals surface area contributed by atoms with E-state index in [4.69, 9.17) is 11.6 Å². The van der Waals surface area contributed by atoms with E-state index in [1.807, 2.05) is 24.3 Å². The Balaban J connectivity index is 1.48. The zero-order valence-corrected chi connectivity index (χ0v) is 16.4. The molecule has 6 nitrogen and oxygen atoms in total. The fraction of sp³-hybridized carbons (Fsp3) is 0.227. The summed E-state index contributed by atoms with van der Waals surface area (Å²) in [6.45, 7) is 0.484. The number of nitrogens with one attached hydrogen (secondary N) is 2. The number of amides is 3. The molecule has 4 rings (SSSR count). The molecule has 0 bridgehead atoms. The first-order chi connectivity index (χ1) is 14.0. The van der Waals surface area contributed by atoms with Gasteiger partial charge in [-0.25, -0.2) is 0 Å². The van der Waals surface area contributed by atoms with Crippen LogP contribution in [-0.2, 0) is 20.8 Å². The van der Waals surface area contributed by atoms with Crippen molar-refractivity contribution in [2.75, 3.05) is 17.2 Å². The summed E-state index contributed by atoms with van der Waals surface area (Å²) in [4.78, 5) is 39.4. The van der Waals surface area contributed by atoms with E-state index in [2.05, 4.69) is 10.6 Å². The van der Waals surface area contributed by atoms with Crippen LogP contribution in [0, 0.1) is 0 Å². The van der Waals surface area contributed by atoms with Crippen molar-refractivity contribution in [1.82, 2.24) is 4.90 Å². The fourth-order valence-corrected chi connectivity index (χ4v) is 4.13. The van der Waals surface area contributed by atoms with Crippen molar-refractivity contribution in [1.29, 1.82) is 0 Å². The van der Waals surface area contributed by atoms with E-state index in [1.54, 1.807) is 29.2 Å². The molecule has 2 N–H and O–H groups in total. The van der Waals surface area contributed by atoms with Crippen molar-refractivity contribution in [2.24, 2.45) is 0 Å². The number of anilines is 2. The van der Waals surface area contributed by atoms with Crippen LogP contribution in [0.2, 0.25) is 5.02 Å². The third-order valence-electron chi connectivity index (χ3n) is 5.41. The molecule has 7 heteroatoms. The number of para-hydroxylation sites is 1. The molecule has 3 amide bonds. The number of carbonyl (C=O) groups is 3. The number of likely N-dealkylation sites (tertiary alicyclic amines) is 1. The van der Waals surface area contributed by atoms with Gasteiger partial charge in [0.15, 0.2) is 0 Å². The number of hydrogen-bond donors (Lipinski definition) is 2. The number of benzene rings is 2. The third-order valence-corrected chi connectivity index (χ3v) is 5.67. The van der Waals surface area contributed by atoms with E-state index in [0.717, 1.165) is 17.7 Å². The number of carbonyl (C=O) groups excluding carboxylic acids is 3. The van der Waals surface area contributed by atoms with Crippen molar-refractivity contribution in [2.45, 2.75) is 24.8 Å². The highest BCUT2D eigenvalue weighted by atomic mass is 35.5. The van der Waals surface area contributed by atoms with Gasteiger partial charge in [0, 0.05) is 41.5 Å². The Morgan fingerprint density at radius 1 is 1.10 bits per heavy atom. The van der Waals surface area contributed by atoms with Crippen molar-refractivity contribution >= 4 is 40.7 Å². The summed E-state index contributed by atoms with van der Waals surface area (Å²) < 4.78 is 0. The third kappa shape index (κ3) is 3.76. The summed E-state index contributed by atoms with van der Waals surface area (Å²) in [5.41, 5.74) is 1.48. The van der Waals surface area contributed by atoms with Crippen LogP contribution < -0.4 is 10.6 Å². The first-order valence-electron chi connectivity index (χ1n) is 9.43. The molecule has 0 aliphatic carbocycles. The Labute approximate surface area is 173 Å². The zero-order chi connectivity index (χ0) is 20.4. The maximum absolute atomic E-state index is 12.9. The molecule has 2 aromatic carbocycles. The molecule has 1 spiro atoms. The number of rotatable bonds is 3. The topological polar surface area (TPSA) is 78.5 Å². The van der Waals surface area contributed by atoms with E-state index in [0.29, 0.717) is 30.1 Å². The molecule has 148 valence electrons. The number of hydrogen-bond acceptors (Lipinski definition) is 3. The second-order valence-corrected chi connectivity index (χ2v) is 7.68. The summed E-state index contributed by atoms with van der Waals surface area (Å²) in [6, 6.07) is 14.3. The van der Waals surface area contributed by atoms with Crippen molar-refractivity contribution in [3.8, 4) is 0 Å².